The summed E-state index contributed by atoms with van der Waals surface area (Å²) >= 11 is 9.59. The highest BCUT2D eigenvalue weighted by molar-refractivity contribution is 9.10. The molecule has 0 saturated carbocycles. The largest absolute Gasteiger partial charge is 0.444 e. The quantitative estimate of drug-likeness (QED) is 0.776. The van der Waals surface area contributed by atoms with Gasteiger partial charge in [-0.1, -0.05) is 18.5 Å². The van der Waals surface area contributed by atoms with Gasteiger partial charge in [0.25, 0.3) is 5.91 Å². The molecule has 3 rings (SSSR count). The fourth-order valence-corrected chi connectivity index (χ4v) is 3.33. The van der Waals surface area contributed by atoms with Crippen molar-refractivity contribution in [1.82, 2.24) is 0 Å². The molecule has 122 valence electrons. The van der Waals surface area contributed by atoms with Crippen LogP contribution < -0.4 is 10.2 Å². The molecule has 1 amide bonds. The molecule has 1 aliphatic rings. The van der Waals surface area contributed by atoms with E-state index in [0.717, 1.165) is 24.7 Å². The second kappa shape index (κ2) is 6.97. The van der Waals surface area contributed by atoms with Crippen molar-refractivity contribution in [3.8, 4) is 0 Å². The number of hydrogen-bond acceptors (Lipinski definition) is 3. The van der Waals surface area contributed by atoms with Gasteiger partial charge in [-0.2, -0.15) is 0 Å². The summed E-state index contributed by atoms with van der Waals surface area (Å²) in [6, 6.07) is 8.92. The van der Waals surface area contributed by atoms with Crippen LogP contribution in [0, 0.1) is 5.92 Å². The molecule has 1 fully saturated rings. The van der Waals surface area contributed by atoms with Gasteiger partial charge in [0.1, 0.15) is 0 Å². The molecule has 2 aromatic rings. The van der Waals surface area contributed by atoms with Crippen LogP contribution in [0.2, 0.25) is 5.02 Å². The summed E-state index contributed by atoms with van der Waals surface area (Å²) in [4.78, 5) is 14.4. The number of nitrogens with one attached hydrogen (secondary N) is 1. The average molecular weight is 398 g/mol. The Morgan fingerprint density at radius 1 is 1.30 bits per heavy atom. The van der Waals surface area contributed by atoms with Gasteiger partial charge < -0.3 is 14.6 Å². The maximum Gasteiger partial charge on any atom is 0.291 e. The first-order chi connectivity index (χ1) is 11.0. The van der Waals surface area contributed by atoms with Crippen LogP contribution in [0.5, 0.6) is 0 Å². The van der Waals surface area contributed by atoms with E-state index in [0.29, 0.717) is 15.4 Å². The Bertz CT molecular complexity index is 708. The molecule has 0 unspecified atom stereocenters. The average Bonchev–Trinajstić information content (AvgIpc) is 2.95. The highest BCUT2D eigenvalue weighted by Crippen LogP contribution is 2.32. The molecule has 23 heavy (non-hydrogen) atoms. The summed E-state index contributed by atoms with van der Waals surface area (Å²) in [7, 11) is 0. The smallest absolute Gasteiger partial charge is 0.291 e. The van der Waals surface area contributed by atoms with E-state index in [1.807, 2.05) is 12.1 Å². The van der Waals surface area contributed by atoms with Crippen molar-refractivity contribution in [3.63, 3.8) is 0 Å². The number of carbonyl (C=O) groups excluding carboxylic acids is 1. The van der Waals surface area contributed by atoms with Gasteiger partial charge in [0, 0.05) is 18.8 Å². The number of halogens is 2. The van der Waals surface area contributed by atoms with E-state index < -0.39 is 0 Å². The SMILES string of the molecule is CC1CCN(c2ccc(NC(=O)c3ccc(Br)o3)cc2Cl)CC1. The Hall–Kier alpha value is -1.46. The number of anilines is 2. The standard InChI is InChI=1S/C17H18BrClN2O2/c1-11-6-8-21(9-7-11)14-3-2-12(10-13(14)19)20-17(22)15-4-5-16(18)23-15/h2-5,10-11H,6-9H2,1H3,(H,20,22). The van der Waals surface area contributed by atoms with Gasteiger partial charge in [-0.15, -0.1) is 0 Å². The Morgan fingerprint density at radius 3 is 2.65 bits per heavy atom. The summed E-state index contributed by atoms with van der Waals surface area (Å²) in [5.74, 6) is 0.726. The number of furan rings is 1. The van der Waals surface area contributed by atoms with E-state index in [2.05, 4.69) is 33.1 Å². The predicted molar refractivity (Wildman–Crippen MR) is 96.4 cm³/mol. The molecule has 0 atom stereocenters. The van der Waals surface area contributed by atoms with Crippen molar-refractivity contribution >= 4 is 44.8 Å². The normalized spacial score (nSPS) is 15.7. The van der Waals surface area contributed by atoms with E-state index in [1.54, 1.807) is 18.2 Å². The van der Waals surface area contributed by atoms with Crippen LogP contribution in [0.25, 0.3) is 0 Å². The molecule has 2 heterocycles. The Labute approximate surface area is 148 Å². The Balaban J connectivity index is 1.70. The van der Waals surface area contributed by atoms with Gasteiger partial charge in [0.2, 0.25) is 0 Å². The van der Waals surface area contributed by atoms with E-state index in [9.17, 15) is 4.79 Å². The zero-order valence-corrected chi connectivity index (χ0v) is 15.2. The minimum atomic E-state index is -0.300. The van der Waals surface area contributed by atoms with Gasteiger partial charge in [0.05, 0.1) is 10.7 Å². The number of rotatable bonds is 3. The zero-order chi connectivity index (χ0) is 16.4. The van der Waals surface area contributed by atoms with Gasteiger partial charge >= 0.3 is 0 Å². The lowest BCUT2D eigenvalue weighted by atomic mass is 9.99. The lowest BCUT2D eigenvalue weighted by Gasteiger charge is -2.32. The molecule has 1 saturated heterocycles. The van der Waals surface area contributed by atoms with E-state index in [-0.39, 0.29) is 11.7 Å². The van der Waals surface area contributed by atoms with Gasteiger partial charge in [-0.05, 0) is 65.0 Å². The monoisotopic (exact) mass is 396 g/mol. The molecule has 1 aromatic carbocycles. The van der Waals surface area contributed by atoms with Crippen molar-refractivity contribution in [2.45, 2.75) is 19.8 Å². The molecule has 0 radical (unpaired) electrons. The number of piperidine rings is 1. The fourth-order valence-electron chi connectivity index (χ4n) is 2.72. The second-order valence-corrected chi connectivity index (χ2v) is 7.08. The van der Waals surface area contributed by atoms with Crippen molar-refractivity contribution in [3.05, 3.63) is 45.8 Å². The topological polar surface area (TPSA) is 45.5 Å². The van der Waals surface area contributed by atoms with Crippen LogP contribution >= 0.6 is 27.5 Å². The molecule has 0 spiro atoms. The van der Waals surface area contributed by atoms with Crippen molar-refractivity contribution in [2.24, 2.45) is 5.92 Å². The first-order valence-electron chi connectivity index (χ1n) is 7.64. The van der Waals surface area contributed by atoms with E-state index >= 15 is 0 Å². The highest BCUT2D eigenvalue weighted by Gasteiger charge is 2.18. The number of carbonyl (C=O) groups is 1. The second-order valence-electron chi connectivity index (χ2n) is 5.89. The summed E-state index contributed by atoms with van der Waals surface area (Å²) in [5.41, 5.74) is 1.68. The van der Waals surface area contributed by atoms with Crippen LogP contribution in [0.3, 0.4) is 0 Å². The van der Waals surface area contributed by atoms with Crippen LogP contribution in [0.4, 0.5) is 11.4 Å². The molecule has 0 bridgehead atoms. The van der Waals surface area contributed by atoms with Gasteiger partial charge in [0.15, 0.2) is 10.4 Å². The lowest BCUT2D eigenvalue weighted by molar-refractivity contribution is 0.0995. The van der Waals surface area contributed by atoms with Crippen LogP contribution in [-0.2, 0) is 0 Å². The molecule has 6 heteroatoms. The van der Waals surface area contributed by atoms with Gasteiger partial charge in [-0.3, -0.25) is 4.79 Å². The Kier molecular flexibility index (Phi) is 4.97. The maximum absolute atomic E-state index is 12.1. The molecular weight excluding hydrogens is 380 g/mol. The van der Waals surface area contributed by atoms with Crippen molar-refractivity contribution in [1.29, 1.82) is 0 Å². The first-order valence-corrected chi connectivity index (χ1v) is 8.81. The van der Waals surface area contributed by atoms with Gasteiger partial charge in [-0.25, -0.2) is 0 Å². The number of benzene rings is 1. The first kappa shape index (κ1) is 16.4. The maximum atomic E-state index is 12.1. The molecule has 1 aliphatic heterocycles. The molecular formula is C17H18BrClN2O2. The summed E-state index contributed by atoms with van der Waals surface area (Å²) in [6.07, 6.45) is 2.37. The third-order valence-corrected chi connectivity index (χ3v) is 4.86. The fraction of sp³-hybridized carbons (Fsp3) is 0.353. The van der Waals surface area contributed by atoms with Crippen LogP contribution in [0.15, 0.2) is 39.4 Å². The summed E-state index contributed by atoms with van der Waals surface area (Å²) < 4.78 is 5.76. The summed E-state index contributed by atoms with van der Waals surface area (Å²) in [6.45, 7) is 4.32. The highest BCUT2D eigenvalue weighted by atomic mass is 79.9. The van der Waals surface area contributed by atoms with E-state index in [4.69, 9.17) is 16.0 Å². The molecule has 1 aromatic heterocycles. The minimum absolute atomic E-state index is 0.252. The minimum Gasteiger partial charge on any atom is -0.444 e. The summed E-state index contributed by atoms with van der Waals surface area (Å²) in [5, 5.41) is 3.44. The van der Waals surface area contributed by atoms with Crippen molar-refractivity contribution < 1.29 is 9.21 Å². The zero-order valence-electron chi connectivity index (χ0n) is 12.8. The third-order valence-electron chi connectivity index (χ3n) is 4.13. The van der Waals surface area contributed by atoms with E-state index in [1.165, 1.54) is 12.8 Å². The van der Waals surface area contributed by atoms with Crippen molar-refractivity contribution in [2.75, 3.05) is 23.3 Å². The third kappa shape index (κ3) is 3.90. The van der Waals surface area contributed by atoms with Crippen LogP contribution in [0.1, 0.15) is 30.3 Å². The Morgan fingerprint density at radius 2 is 2.04 bits per heavy atom. The number of hydrogen-bond donors (Lipinski definition) is 1. The van der Waals surface area contributed by atoms with Crippen LogP contribution in [-0.4, -0.2) is 19.0 Å². The molecule has 4 nitrogen and oxygen atoms in total. The molecule has 0 aliphatic carbocycles. The predicted octanol–water partition coefficient (Wildman–Crippen LogP) is 5.18. The number of amides is 1. The molecule has 1 N–H and O–H groups in total. The lowest BCUT2D eigenvalue weighted by Crippen LogP contribution is -2.32. The number of nitrogens with zero attached hydrogens (tertiary/aromatic N) is 1.